The van der Waals surface area contributed by atoms with Crippen molar-refractivity contribution in [3.63, 3.8) is 0 Å². The van der Waals surface area contributed by atoms with Gasteiger partial charge in [0, 0.05) is 12.3 Å². The predicted octanol–water partition coefficient (Wildman–Crippen LogP) is 4.57. The fourth-order valence-electron chi connectivity index (χ4n) is 6.68. The number of amides is 2. The molecule has 0 heterocycles. The van der Waals surface area contributed by atoms with E-state index in [-0.39, 0.29) is 23.1 Å². The molecule has 2 N–H and O–H groups in total. The van der Waals surface area contributed by atoms with Gasteiger partial charge in [0.25, 0.3) is 0 Å². The van der Waals surface area contributed by atoms with Crippen molar-refractivity contribution >= 4 is 11.8 Å². The van der Waals surface area contributed by atoms with Gasteiger partial charge >= 0.3 is 0 Å². The lowest BCUT2D eigenvalue weighted by Crippen LogP contribution is -2.56. The average Bonchev–Trinajstić information content (AvgIpc) is 2.76. The highest BCUT2D eigenvalue weighted by Gasteiger charge is 2.54. The lowest BCUT2D eigenvalue weighted by Gasteiger charge is -2.55. The maximum atomic E-state index is 13.1. The molecule has 0 unspecified atom stereocenters. The van der Waals surface area contributed by atoms with Crippen molar-refractivity contribution in [2.75, 3.05) is 0 Å². The smallest absolute Gasteiger partial charge is 0.244 e. The molecule has 4 aliphatic rings. The normalized spacial score (nSPS) is 29.0. The minimum Gasteiger partial charge on any atom is -0.273 e. The van der Waals surface area contributed by atoms with Crippen LogP contribution in [0.5, 0.6) is 0 Å². The predicted molar refractivity (Wildman–Crippen MR) is 116 cm³/mol. The zero-order valence-corrected chi connectivity index (χ0v) is 17.3. The van der Waals surface area contributed by atoms with E-state index in [1.165, 1.54) is 19.3 Å². The first-order valence-electron chi connectivity index (χ1n) is 11.3. The second-order valence-electron chi connectivity index (χ2n) is 9.78. The fourth-order valence-corrected chi connectivity index (χ4v) is 6.68. The maximum Gasteiger partial charge on any atom is 0.244 e. The Morgan fingerprint density at radius 1 is 0.767 bits per heavy atom. The van der Waals surface area contributed by atoms with E-state index in [4.69, 9.17) is 0 Å². The van der Waals surface area contributed by atoms with Crippen LogP contribution >= 0.6 is 0 Å². The quantitative estimate of drug-likeness (QED) is 0.720. The summed E-state index contributed by atoms with van der Waals surface area (Å²) in [6, 6.07) is 20.2. The Labute approximate surface area is 178 Å². The molecule has 2 amide bonds. The van der Waals surface area contributed by atoms with E-state index >= 15 is 0 Å². The van der Waals surface area contributed by atoms with Crippen LogP contribution in [0.15, 0.2) is 60.7 Å². The van der Waals surface area contributed by atoms with Crippen LogP contribution in [0.2, 0.25) is 0 Å². The van der Waals surface area contributed by atoms with Gasteiger partial charge in [0.15, 0.2) is 0 Å². The summed E-state index contributed by atoms with van der Waals surface area (Å²) in [6.07, 6.45) is 7.19. The van der Waals surface area contributed by atoms with Crippen LogP contribution < -0.4 is 10.9 Å². The highest BCUT2D eigenvalue weighted by atomic mass is 16.2. The van der Waals surface area contributed by atoms with Crippen LogP contribution in [0.1, 0.15) is 62.0 Å². The summed E-state index contributed by atoms with van der Waals surface area (Å²) in [5.74, 6) is 1.97. The van der Waals surface area contributed by atoms with E-state index < -0.39 is 0 Å². The van der Waals surface area contributed by atoms with Crippen molar-refractivity contribution < 1.29 is 9.59 Å². The van der Waals surface area contributed by atoms with Crippen LogP contribution in [-0.4, -0.2) is 11.8 Å². The van der Waals surface area contributed by atoms with E-state index in [0.29, 0.717) is 24.2 Å². The van der Waals surface area contributed by atoms with Gasteiger partial charge in [-0.15, -0.1) is 0 Å². The third-order valence-electron chi connectivity index (χ3n) is 7.63. The molecule has 4 nitrogen and oxygen atoms in total. The fraction of sp³-hybridized carbons (Fsp3) is 0.462. The SMILES string of the molecule is O=C(CC(c1ccccc1)c1ccccc1)NNC(=O)C12CC3CC(CC(C3)C1)C2. The lowest BCUT2D eigenvalue weighted by atomic mass is 9.49. The van der Waals surface area contributed by atoms with Crippen LogP contribution in [0, 0.1) is 23.2 Å². The van der Waals surface area contributed by atoms with Gasteiger partial charge in [-0.05, 0) is 67.4 Å². The van der Waals surface area contributed by atoms with Crippen LogP contribution in [-0.2, 0) is 9.59 Å². The lowest BCUT2D eigenvalue weighted by molar-refractivity contribution is -0.148. The topological polar surface area (TPSA) is 58.2 Å². The second-order valence-corrected chi connectivity index (χ2v) is 9.78. The molecule has 0 spiro atoms. The highest BCUT2D eigenvalue weighted by molar-refractivity contribution is 5.86. The van der Waals surface area contributed by atoms with Gasteiger partial charge in [-0.2, -0.15) is 0 Å². The minimum absolute atomic E-state index is 0.0333. The summed E-state index contributed by atoms with van der Waals surface area (Å²) in [6.45, 7) is 0. The van der Waals surface area contributed by atoms with Crippen molar-refractivity contribution in [2.45, 2.75) is 50.9 Å². The zero-order chi connectivity index (χ0) is 20.6. The molecule has 2 aromatic rings. The van der Waals surface area contributed by atoms with Gasteiger partial charge in [-0.25, -0.2) is 0 Å². The van der Waals surface area contributed by atoms with Crippen molar-refractivity contribution in [1.82, 2.24) is 10.9 Å². The average molecular weight is 403 g/mol. The summed E-state index contributed by atoms with van der Waals surface area (Å²) in [4.78, 5) is 25.9. The third-order valence-corrected chi connectivity index (χ3v) is 7.63. The molecule has 4 fully saturated rings. The monoisotopic (exact) mass is 402 g/mol. The van der Waals surface area contributed by atoms with Crippen LogP contribution in [0.4, 0.5) is 0 Å². The molecule has 30 heavy (non-hydrogen) atoms. The van der Waals surface area contributed by atoms with E-state index in [2.05, 4.69) is 35.1 Å². The second kappa shape index (κ2) is 7.90. The molecule has 0 aliphatic heterocycles. The Kier molecular flexibility index (Phi) is 5.10. The largest absolute Gasteiger partial charge is 0.273 e. The van der Waals surface area contributed by atoms with Crippen molar-refractivity contribution in [3.8, 4) is 0 Å². The molecule has 6 rings (SSSR count). The standard InChI is InChI=1S/C26H30N2O2/c29-24(14-23(21-7-3-1-4-8-21)22-9-5-2-6-10-22)27-28-25(30)26-15-18-11-19(16-26)13-20(12-18)17-26/h1-10,18-20,23H,11-17H2,(H,27,29)(H,28,30). The van der Waals surface area contributed by atoms with Gasteiger partial charge in [0.05, 0.1) is 5.41 Å². The number of rotatable bonds is 5. The Balaban J connectivity index is 1.24. The van der Waals surface area contributed by atoms with E-state index in [9.17, 15) is 9.59 Å². The molecule has 4 bridgehead atoms. The van der Waals surface area contributed by atoms with E-state index in [1.807, 2.05) is 36.4 Å². The summed E-state index contributed by atoms with van der Waals surface area (Å²) in [7, 11) is 0. The summed E-state index contributed by atoms with van der Waals surface area (Å²) >= 11 is 0. The molecule has 4 aliphatic carbocycles. The van der Waals surface area contributed by atoms with Gasteiger partial charge in [0.2, 0.25) is 11.8 Å². The molecule has 156 valence electrons. The number of carbonyl (C=O) groups is 2. The maximum absolute atomic E-state index is 13.1. The highest BCUT2D eigenvalue weighted by Crippen LogP contribution is 2.60. The first-order valence-corrected chi connectivity index (χ1v) is 11.3. The van der Waals surface area contributed by atoms with Gasteiger partial charge in [0.1, 0.15) is 0 Å². The first-order chi connectivity index (χ1) is 14.6. The molecular weight excluding hydrogens is 372 g/mol. The minimum atomic E-state index is -0.250. The number of carbonyl (C=O) groups excluding carboxylic acids is 2. The molecule has 0 saturated heterocycles. The summed E-state index contributed by atoms with van der Waals surface area (Å²) < 4.78 is 0. The number of hydrazine groups is 1. The molecule has 0 atom stereocenters. The molecular formula is C26H30N2O2. The Bertz CT molecular complexity index is 834. The molecule has 0 aromatic heterocycles. The van der Waals surface area contributed by atoms with Crippen LogP contribution in [0.3, 0.4) is 0 Å². The third kappa shape index (κ3) is 3.76. The molecule has 0 radical (unpaired) electrons. The van der Waals surface area contributed by atoms with Crippen molar-refractivity contribution in [2.24, 2.45) is 23.2 Å². The van der Waals surface area contributed by atoms with E-state index in [0.717, 1.165) is 30.4 Å². The van der Waals surface area contributed by atoms with Crippen molar-refractivity contribution in [1.29, 1.82) is 0 Å². The van der Waals surface area contributed by atoms with E-state index in [1.54, 1.807) is 0 Å². The first kappa shape index (κ1) is 19.3. The molecule has 4 heteroatoms. The number of hydrogen-bond acceptors (Lipinski definition) is 2. The summed E-state index contributed by atoms with van der Waals surface area (Å²) in [5, 5.41) is 0. The number of benzene rings is 2. The molecule has 4 saturated carbocycles. The zero-order valence-electron chi connectivity index (χ0n) is 17.3. The van der Waals surface area contributed by atoms with Crippen molar-refractivity contribution in [3.05, 3.63) is 71.8 Å². The van der Waals surface area contributed by atoms with Gasteiger partial charge < -0.3 is 0 Å². The van der Waals surface area contributed by atoms with Crippen LogP contribution in [0.25, 0.3) is 0 Å². The Morgan fingerprint density at radius 3 is 1.70 bits per heavy atom. The number of hydrogen-bond donors (Lipinski definition) is 2. The number of nitrogens with one attached hydrogen (secondary N) is 2. The Hall–Kier alpha value is -2.62. The van der Waals surface area contributed by atoms with Gasteiger partial charge in [-0.1, -0.05) is 60.7 Å². The Morgan fingerprint density at radius 2 is 1.23 bits per heavy atom. The van der Waals surface area contributed by atoms with Gasteiger partial charge in [-0.3, -0.25) is 20.4 Å². The molecule has 2 aromatic carbocycles. The summed E-state index contributed by atoms with van der Waals surface area (Å²) in [5.41, 5.74) is 7.50.